The van der Waals surface area contributed by atoms with Crippen molar-refractivity contribution < 1.29 is 38.6 Å². The fourth-order valence-corrected chi connectivity index (χ4v) is 4.63. The molecule has 0 aliphatic heterocycles. The predicted molar refractivity (Wildman–Crippen MR) is 180 cm³/mol. The smallest absolute Gasteiger partial charge is 0.326 e. The number of carboxylic acid groups (broad SMARTS) is 2. The van der Waals surface area contributed by atoms with Gasteiger partial charge in [-0.1, -0.05) is 90.0 Å². The Morgan fingerprint density at radius 3 is 0.977 bits per heavy atom. The quantitative estimate of drug-likeness (QED) is 0.221. The molecule has 0 bridgehead atoms. The molecule has 0 saturated heterocycles. The van der Waals surface area contributed by atoms with E-state index in [-0.39, 0.29) is 65.1 Å². The average molecular weight is 647 g/mol. The SMILES string of the molecule is CC(C)[C@H](C)C(=O)N(C)[C@H](C(=O)O)C(C)C.CC(C)[C@H](C)C(=O)N(C)[C@H](C(=O)O[Si](C)(C)C)C(C)C.CC(C)[C@H](C)C(=O)O. The summed E-state index contributed by atoms with van der Waals surface area (Å²) in [6.07, 6.45) is 0. The second kappa shape index (κ2) is 20.6. The number of carbonyl (C=O) groups excluding carboxylic acids is 3. The molecule has 2 amide bonds. The number of rotatable bonds is 13. The molecule has 2 N–H and O–H groups in total. The second-order valence-corrected chi connectivity index (χ2v) is 19.0. The monoisotopic (exact) mass is 646 g/mol. The van der Waals surface area contributed by atoms with Crippen LogP contribution in [0.4, 0.5) is 0 Å². The normalized spacial score (nSPS) is 14.9. The third kappa shape index (κ3) is 17.2. The average Bonchev–Trinajstić information content (AvgIpc) is 2.84. The van der Waals surface area contributed by atoms with E-state index < -0.39 is 32.3 Å². The fourth-order valence-electron chi connectivity index (χ4n) is 3.91. The van der Waals surface area contributed by atoms with Gasteiger partial charge < -0.3 is 24.4 Å². The second-order valence-electron chi connectivity index (χ2n) is 14.6. The van der Waals surface area contributed by atoms with E-state index in [4.69, 9.17) is 14.6 Å². The van der Waals surface area contributed by atoms with E-state index in [1.807, 2.05) is 103 Å². The van der Waals surface area contributed by atoms with Crippen LogP contribution in [0.15, 0.2) is 0 Å². The molecule has 260 valence electrons. The van der Waals surface area contributed by atoms with Gasteiger partial charge in [0.25, 0.3) is 0 Å². The van der Waals surface area contributed by atoms with Crippen molar-refractivity contribution >= 4 is 38.0 Å². The highest BCUT2D eigenvalue weighted by atomic mass is 28.4. The molecule has 0 aromatic carbocycles. The summed E-state index contributed by atoms with van der Waals surface area (Å²) in [6, 6.07) is -1.25. The van der Waals surface area contributed by atoms with Crippen LogP contribution in [0.25, 0.3) is 0 Å². The van der Waals surface area contributed by atoms with Crippen LogP contribution in [-0.2, 0) is 28.4 Å². The molecular formula is C33H66N2O8Si. The molecule has 0 fully saturated rings. The van der Waals surface area contributed by atoms with E-state index in [1.54, 1.807) is 25.9 Å². The Morgan fingerprint density at radius 1 is 0.500 bits per heavy atom. The Balaban J connectivity index is -0.000000624. The van der Waals surface area contributed by atoms with Gasteiger partial charge in [0.2, 0.25) is 20.1 Å². The van der Waals surface area contributed by atoms with Crippen LogP contribution in [0.3, 0.4) is 0 Å². The van der Waals surface area contributed by atoms with Crippen molar-refractivity contribution in [2.75, 3.05) is 14.1 Å². The van der Waals surface area contributed by atoms with Gasteiger partial charge in [-0.15, -0.1) is 0 Å². The van der Waals surface area contributed by atoms with E-state index in [9.17, 15) is 24.0 Å². The Bertz CT molecular complexity index is 912. The first kappa shape index (κ1) is 46.0. The number of amides is 2. The zero-order valence-corrected chi connectivity index (χ0v) is 32.0. The van der Waals surface area contributed by atoms with Crippen LogP contribution in [0.2, 0.25) is 19.6 Å². The zero-order chi connectivity index (χ0) is 36.0. The van der Waals surface area contributed by atoms with Crippen molar-refractivity contribution in [3.05, 3.63) is 0 Å². The third-order valence-electron chi connectivity index (χ3n) is 7.86. The standard InChI is InChI=1S/C15H31NO3Si.C12H23NO3.C6H12O2/c1-10(2)12(5)14(17)16(6)13(11(3)4)15(18)19-20(7,8)9;1-7(2)9(5)11(14)13(6)10(8(3)4)12(15)16;1-4(2)5(3)6(7)8/h10-13H,1-9H3;7-10H,1-6H3,(H,15,16);4-5H,1-3H3,(H,7,8)/t12-,13-;9-,10-;5-/m000/s1. The lowest BCUT2D eigenvalue weighted by Crippen LogP contribution is -2.50. The summed E-state index contributed by atoms with van der Waals surface area (Å²) in [5.41, 5.74) is 0. The van der Waals surface area contributed by atoms with Crippen molar-refractivity contribution in [1.29, 1.82) is 0 Å². The molecule has 11 heteroatoms. The van der Waals surface area contributed by atoms with Crippen molar-refractivity contribution in [2.24, 2.45) is 47.3 Å². The van der Waals surface area contributed by atoms with Gasteiger partial charge >= 0.3 is 17.9 Å². The third-order valence-corrected chi connectivity index (χ3v) is 8.68. The van der Waals surface area contributed by atoms with Gasteiger partial charge in [0.05, 0.1) is 5.92 Å². The summed E-state index contributed by atoms with van der Waals surface area (Å²) in [5, 5.41) is 17.4. The minimum Gasteiger partial charge on any atom is -0.518 e. The first-order valence-corrected chi connectivity index (χ1v) is 19.3. The maximum absolute atomic E-state index is 12.4. The molecule has 0 aliphatic rings. The molecule has 44 heavy (non-hydrogen) atoms. The van der Waals surface area contributed by atoms with Gasteiger partial charge in [0.15, 0.2) is 0 Å². The lowest BCUT2D eigenvalue weighted by atomic mass is 9.94. The van der Waals surface area contributed by atoms with Crippen LogP contribution in [0.1, 0.15) is 90.0 Å². The van der Waals surface area contributed by atoms with Gasteiger partial charge in [-0.3, -0.25) is 19.2 Å². The van der Waals surface area contributed by atoms with Gasteiger partial charge in [0, 0.05) is 25.9 Å². The predicted octanol–water partition coefficient (Wildman–Crippen LogP) is 6.35. The fraction of sp³-hybridized carbons (Fsp3) is 0.848. The molecule has 0 saturated carbocycles. The van der Waals surface area contributed by atoms with Crippen LogP contribution in [-0.4, -0.2) is 84.2 Å². The van der Waals surface area contributed by atoms with Gasteiger partial charge in [-0.2, -0.15) is 0 Å². The summed E-state index contributed by atoms with van der Waals surface area (Å²) in [5.74, 6) is -1.82. The number of likely N-dealkylation sites (N-methyl/N-ethyl adjacent to an activating group) is 2. The summed E-state index contributed by atoms with van der Waals surface area (Å²) >= 11 is 0. The Kier molecular flexibility index (Phi) is 21.5. The number of aliphatic carboxylic acids is 2. The number of hydrogen-bond donors (Lipinski definition) is 2. The summed E-state index contributed by atoms with van der Waals surface area (Å²) in [4.78, 5) is 60.9. The van der Waals surface area contributed by atoms with Crippen molar-refractivity contribution in [2.45, 2.75) is 122 Å². The molecule has 0 heterocycles. The van der Waals surface area contributed by atoms with Crippen molar-refractivity contribution in [3.63, 3.8) is 0 Å². The largest absolute Gasteiger partial charge is 0.518 e. The Labute approximate surface area is 269 Å². The van der Waals surface area contributed by atoms with Crippen LogP contribution < -0.4 is 0 Å². The number of carboxylic acids is 2. The highest BCUT2D eigenvalue weighted by Crippen LogP contribution is 2.20. The minimum absolute atomic E-state index is 0.00576. The number of hydrogen-bond acceptors (Lipinski definition) is 6. The van der Waals surface area contributed by atoms with Crippen LogP contribution >= 0.6 is 0 Å². The highest BCUT2D eigenvalue weighted by molar-refractivity contribution is 6.71. The number of nitrogens with zero attached hydrogens (tertiary/aromatic N) is 2. The summed E-state index contributed by atoms with van der Waals surface area (Å²) in [7, 11) is 1.33. The first-order chi connectivity index (χ1) is 19.6. The van der Waals surface area contributed by atoms with Gasteiger partial charge in [0.1, 0.15) is 12.1 Å². The van der Waals surface area contributed by atoms with Gasteiger partial charge in [-0.25, -0.2) is 4.79 Å². The molecule has 10 nitrogen and oxygen atoms in total. The summed E-state index contributed by atoms with van der Waals surface area (Å²) in [6.45, 7) is 30.6. The molecule has 0 spiro atoms. The topological polar surface area (TPSA) is 142 Å². The van der Waals surface area contributed by atoms with Crippen molar-refractivity contribution in [3.8, 4) is 0 Å². The molecule has 0 aliphatic carbocycles. The molecular weight excluding hydrogens is 580 g/mol. The molecule has 0 rings (SSSR count). The minimum atomic E-state index is -1.95. The molecule has 5 atom stereocenters. The van der Waals surface area contributed by atoms with Gasteiger partial charge in [-0.05, 0) is 49.2 Å². The van der Waals surface area contributed by atoms with Crippen molar-refractivity contribution in [1.82, 2.24) is 9.80 Å². The van der Waals surface area contributed by atoms with E-state index in [0.717, 1.165) is 0 Å². The summed E-state index contributed by atoms with van der Waals surface area (Å²) < 4.78 is 5.58. The first-order valence-electron chi connectivity index (χ1n) is 15.8. The molecule has 0 aromatic heterocycles. The van der Waals surface area contributed by atoms with Crippen LogP contribution in [0.5, 0.6) is 0 Å². The van der Waals surface area contributed by atoms with E-state index >= 15 is 0 Å². The highest BCUT2D eigenvalue weighted by Gasteiger charge is 2.36. The lowest BCUT2D eigenvalue weighted by Gasteiger charge is -2.34. The molecule has 0 aromatic rings. The molecule has 0 radical (unpaired) electrons. The maximum Gasteiger partial charge on any atom is 0.326 e. The van der Waals surface area contributed by atoms with Crippen LogP contribution in [0, 0.1) is 47.3 Å². The van der Waals surface area contributed by atoms with E-state index in [0.29, 0.717) is 0 Å². The lowest BCUT2D eigenvalue weighted by molar-refractivity contribution is -0.153. The Morgan fingerprint density at radius 2 is 0.795 bits per heavy atom. The Hall–Kier alpha value is -2.43. The zero-order valence-electron chi connectivity index (χ0n) is 31.0. The maximum atomic E-state index is 12.4. The van der Waals surface area contributed by atoms with E-state index in [1.165, 1.54) is 4.90 Å². The molecule has 0 unspecified atom stereocenters. The number of carbonyl (C=O) groups is 5. The van der Waals surface area contributed by atoms with E-state index in [2.05, 4.69) is 0 Å².